The number of amides is 3. The standard InChI is InChI=1S/C22H24FN3O4/c1-3-19(20(27)24-17-5-4-6-18(13-17)30-2)26-12-11-25(21(28)22(26)29)14-15-7-9-16(23)10-8-15/h4-10,13,19H,3,11-12,14H2,1-2H3,(H,24,27). The van der Waals surface area contributed by atoms with Crippen molar-refractivity contribution in [3.8, 4) is 5.75 Å². The molecule has 2 aromatic rings. The van der Waals surface area contributed by atoms with Gasteiger partial charge in [-0.05, 0) is 36.2 Å². The van der Waals surface area contributed by atoms with Crippen LogP contribution in [0, 0.1) is 5.82 Å². The van der Waals surface area contributed by atoms with E-state index in [-0.39, 0.29) is 24.8 Å². The Hall–Kier alpha value is -3.42. The third kappa shape index (κ3) is 4.76. The number of carbonyl (C=O) groups is 3. The molecule has 3 amide bonds. The predicted octanol–water partition coefficient (Wildman–Crippen LogP) is 2.42. The van der Waals surface area contributed by atoms with E-state index in [4.69, 9.17) is 4.74 Å². The van der Waals surface area contributed by atoms with E-state index < -0.39 is 17.9 Å². The van der Waals surface area contributed by atoms with Crippen molar-refractivity contribution < 1.29 is 23.5 Å². The van der Waals surface area contributed by atoms with Crippen LogP contribution in [0.15, 0.2) is 48.5 Å². The van der Waals surface area contributed by atoms with Crippen LogP contribution in [-0.4, -0.2) is 53.8 Å². The minimum absolute atomic E-state index is 0.214. The van der Waals surface area contributed by atoms with E-state index in [9.17, 15) is 18.8 Å². The number of piperazine rings is 1. The molecular formula is C22H24FN3O4. The van der Waals surface area contributed by atoms with Crippen molar-refractivity contribution in [3.05, 3.63) is 59.9 Å². The fourth-order valence-corrected chi connectivity index (χ4v) is 3.42. The van der Waals surface area contributed by atoms with Gasteiger partial charge in [0.2, 0.25) is 5.91 Å². The molecule has 7 nitrogen and oxygen atoms in total. The molecule has 1 N–H and O–H groups in total. The number of methoxy groups -OCH3 is 1. The van der Waals surface area contributed by atoms with Crippen molar-refractivity contribution in [3.63, 3.8) is 0 Å². The van der Waals surface area contributed by atoms with Gasteiger partial charge in [0.05, 0.1) is 7.11 Å². The van der Waals surface area contributed by atoms with Gasteiger partial charge in [-0.3, -0.25) is 14.4 Å². The third-order valence-corrected chi connectivity index (χ3v) is 5.03. The van der Waals surface area contributed by atoms with E-state index >= 15 is 0 Å². The summed E-state index contributed by atoms with van der Waals surface area (Å²) in [4.78, 5) is 40.8. The van der Waals surface area contributed by atoms with Crippen molar-refractivity contribution in [2.75, 3.05) is 25.5 Å². The Bertz CT molecular complexity index is 932. The molecule has 0 saturated carbocycles. The zero-order chi connectivity index (χ0) is 21.7. The van der Waals surface area contributed by atoms with Crippen molar-refractivity contribution >= 4 is 23.4 Å². The van der Waals surface area contributed by atoms with E-state index in [1.807, 2.05) is 0 Å². The number of halogens is 1. The van der Waals surface area contributed by atoms with Gasteiger partial charge in [-0.1, -0.05) is 25.1 Å². The smallest absolute Gasteiger partial charge is 0.312 e. The van der Waals surface area contributed by atoms with Crippen molar-refractivity contribution in [1.82, 2.24) is 9.80 Å². The molecule has 1 heterocycles. The summed E-state index contributed by atoms with van der Waals surface area (Å²) in [6.07, 6.45) is 0.368. The van der Waals surface area contributed by atoms with Gasteiger partial charge in [0, 0.05) is 31.4 Å². The summed E-state index contributed by atoms with van der Waals surface area (Å²) in [6, 6.07) is 11.9. The third-order valence-electron chi connectivity index (χ3n) is 5.03. The lowest BCUT2D eigenvalue weighted by Crippen LogP contribution is -2.59. The van der Waals surface area contributed by atoms with E-state index in [1.165, 1.54) is 29.0 Å². The topological polar surface area (TPSA) is 79.0 Å². The highest BCUT2D eigenvalue weighted by Crippen LogP contribution is 2.19. The molecule has 0 bridgehead atoms. The van der Waals surface area contributed by atoms with Gasteiger partial charge < -0.3 is 19.9 Å². The van der Waals surface area contributed by atoms with Crippen molar-refractivity contribution in [2.24, 2.45) is 0 Å². The highest BCUT2D eigenvalue weighted by atomic mass is 19.1. The Balaban J connectivity index is 1.67. The maximum Gasteiger partial charge on any atom is 0.312 e. The summed E-state index contributed by atoms with van der Waals surface area (Å²) in [7, 11) is 1.53. The molecule has 0 aliphatic carbocycles. The average molecular weight is 413 g/mol. The van der Waals surface area contributed by atoms with Gasteiger partial charge in [-0.25, -0.2) is 4.39 Å². The maximum absolute atomic E-state index is 13.1. The number of ether oxygens (including phenoxy) is 1. The molecule has 1 aliphatic heterocycles. The quantitative estimate of drug-likeness (QED) is 0.707. The van der Waals surface area contributed by atoms with Crippen molar-refractivity contribution in [1.29, 1.82) is 0 Å². The van der Waals surface area contributed by atoms with Gasteiger partial charge in [-0.2, -0.15) is 0 Å². The highest BCUT2D eigenvalue weighted by Gasteiger charge is 2.38. The monoisotopic (exact) mass is 413 g/mol. The highest BCUT2D eigenvalue weighted by molar-refractivity contribution is 6.35. The van der Waals surface area contributed by atoms with Crippen LogP contribution in [-0.2, 0) is 20.9 Å². The second-order valence-corrected chi connectivity index (χ2v) is 7.00. The van der Waals surface area contributed by atoms with E-state index in [0.717, 1.165) is 5.56 Å². The molecule has 2 aromatic carbocycles. The minimum Gasteiger partial charge on any atom is -0.497 e. The molecule has 30 heavy (non-hydrogen) atoms. The Morgan fingerprint density at radius 1 is 1.13 bits per heavy atom. The van der Waals surface area contributed by atoms with Gasteiger partial charge >= 0.3 is 11.8 Å². The molecule has 1 unspecified atom stereocenters. The van der Waals surface area contributed by atoms with Crippen LogP contribution in [0.3, 0.4) is 0 Å². The Kier molecular flexibility index (Phi) is 6.66. The van der Waals surface area contributed by atoms with Crippen LogP contribution in [0.2, 0.25) is 0 Å². The molecule has 0 radical (unpaired) electrons. The lowest BCUT2D eigenvalue weighted by atomic mass is 10.1. The molecular weight excluding hydrogens is 389 g/mol. The van der Waals surface area contributed by atoms with Crippen LogP contribution in [0.5, 0.6) is 5.75 Å². The molecule has 1 fully saturated rings. The summed E-state index contributed by atoms with van der Waals surface area (Å²) in [5, 5.41) is 2.78. The maximum atomic E-state index is 13.1. The Morgan fingerprint density at radius 3 is 2.53 bits per heavy atom. The molecule has 158 valence electrons. The van der Waals surface area contributed by atoms with E-state index in [2.05, 4.69) is 5.32 Å². The van der Waals surface area contributed by atoms with Gasteiger partial charge in [0.1, 0.15) is 17.6 Å². The number of hydrogen-bond acceptors (Lipinski definition) is 4. The van der Waals surface area contributed by atoms with Gasteiger partial charge in [0.25, 0.3) is 0 Å². The molecule has 3 rings (SSSR count). The lowest BCUT2D eigenvalue weighted by Gasteiger charge is -2.37. The molecule has 1 aliphatic rings. The number of hydrogen-bond donors (Lipinski definition) is 1. The largest absolute Gasteiger partial charge is 0.497 e. The van der Waals surface area contributed by atoms with Crippen molar-refractivity contribution in [2.45, 2.75) is 25.9 Å². The predicted molar refractivity (Wildman–Crippen MR) is 109 cm³/mol. The first-order chi connectivity index (χ1) is 14.4. The first-order valence-corrected chi connectivity index (χ1v) is 9.72. The Labute approximate surface area is 174 Å². The van der Waals surface area contributed by atoms with Gasteiger partial charge in [-0.15, -0.1) is 0 Å². The zero-order valence-electron chi connectivity index (χ0n) is 16.9. The molecule has 1 saturated heterocycles. The lowest BCUT2D eigenvalue weighted by molar-refractivity contribution is -0.159. The van der Waals surface area contributed by atoms with E-state index in [0.29, 0.717) is 24.4 Å². The summed E-state index contributed by atoms with van der Waals surface area (Å²) < 4.78 is 18.2. The number of benzene rings is 2. The second kappa shape index (κ2) is 9.39. The Morgan fingerprint density at radius 2 is 1.87 bits per heavy atom. The molecule has 0 aromatic heterocycles. The number of anilines is 1. The van der Waals surface area contributed by atoms with Crippen LogP contribution in [0.4, 0.5) is 10.1 Å². The summed E-state index contributed by atoms with van der Waals surface area (Å²) in [5.74, 6) is -1.51. The fourth-order valence-electron chi connectivity index (χ4n) is 3.42. The van der Waals surface area contributed by atoms with Crippen LogP contribution < -0.4 is 10.1 Å². The first kappa shape index (κ1) is 21.3. The van der Waals surface area contributed by atoms with Crippen LogP contribution >= 0.6 is 0 Å². The van der Waals surface area contributed by atoms with Gasteiger partial charge in [0.15, 0.2) is 0 Å². The second-order valence-electron chi connectivity index (χ2n) is 7.00. The molecule has 0 spiro atoms. The fraction of sp³-hybridized carbons (Fsp3) is 0.318. The van der Waals surface area contributed by atoms with E-state index in [1.54, 1.807) is 43.3 Å². The minimum atomic E-state index is -0.763. The zero-order valence-corrected chi connectivity index (χ0v) is 16.9. The summed E-state index contributed by atoms with van der Waals surface area (Å²) in [6.45, 7) is 2.55. The number of carbonyl (C=O) groups excluding carboxylic acids is 3. The number of rotatable bonds is 7. The summed E-state index contributed by atoms with van der Waals surface area (Å²) in [5.41, 5.74) is 1.28. The first-order valence-electron chi connectivity index (χ1n) is 9.72. The average Bonchev–Trinajstić information content (AvgIpc) is 2.75. The molecule has 1 atom stereocenters. The normalized spacial score (nSPS) is 15.2. The number of nitrogens with zero attached hydrogens (tertiary/aromatic N) is 2. The summed E-state index contributed by atoms with van der Waals surface area (Å²) >= 11 is 0. The molecule has 8 heteroatoms. The van der Waals surface area contributed by atoms with Crippen LogP contribution in [0.25, 0.3) is 0 Å². The van der Waals surface area contributed by atoms with Crippen LogP contribution in [0.1, 0.15) is 18.9 Å². The SMILES string of the molecule is CCC(C(=O)Nc1cccc(OC)c1)N1CCN(Cc2ccc(F)cc2)C(=O)C1=O. The number of nitrogens with one attached hydrogen (secondary N) is 1.